The number of hydrogen-bond acceptors (Lipinski definition) is 6. The van der Waals surface area contributed by atoms with Crippen molar-refractivity contribution < 1.29 is 19.1 Å². The Kier molecular flexibility index (Phi) is 10.2. The Hall–Kier alpha value is -3.30. The molecule has 9 nitrogen and oxygen atoms in total. The van der Waals surface area contributed by atoms with Crippen molar-refractivity contribution >= 4 is 11.9 Å². The van der Waals surface area contributed by atoms with Gasteiger partial charge in [0.1, 0.15) is 11.5 Å². The molecule has 0 unspecified atom stereocenters. The number of ether oxygens (including phenoxy) is 2. The first-order valence-corrected chi connectivity index (χ1v) is 13.5. The SMILES string of the molecule is CNC(=O)CN(CCCOc1cccc(OC)c1)CC1CN(C(=O)N2CCN(Cc3ccccc3)CC2)C1. The molecule has 0 bridgehead atoms. The number of rotatable bonds is 12. The minimum Gasteiger partial charge on any atom is -0.497 e. The Morgan fingerprint density at radius 2 is 1.71 bits per heavy atom. The molecule has 3 amide bonds. The highest BCUT2D eigenvalue weighted by atomic mass is 16.5. The zero-order valence-corrected chi connectivity index (χ0v) is 22.7. The molecular formula is C29H41N5O4. The lowest BCUT2D eigenvalue weighted by molar-refractivity contribution is -0.122. The lowest BCUT2D eigenvalue weighted by atomic mass is 9.99. The molecule has 0 atom stereocenters. The van der Waals surface area contributed by atoms with Gasteiger partial charge in [0.05, 0.1) is 20.3 Å². The lowest BCUT2D eigenvalue weighted by Crippen LogP contribution is -2.60. The molecule has 2 aliphatic rings. The number of urea groups is 1. The van der Waals surface area contributed by atoms with Crippen LogP contribution in [-0.2, 0) is 11.3 Å². The number of carbonyl (C=O) groups excluding carboxylic acids is 2. The molecule has 2 aromatic carbocycles. The average Bonchev–Trinajstić information content (AvgIpc) is 2.93. The minimum atomic E-state index is -0.000608. The van der Waals surface area contributed by atoms with Crippen LogP contribution in [0.25, 0.3) is 0 Å². The van der Waals surface area contributed by atoms with Gasteiger partial charge in [0.25, 0.3) is 0 Å². The van der Waals surface area contributed by atoms with Gasteiger partial charge >= 0.3 is 6.03 Å². The van der Waals surface area contributed by atoms with Crippen LogP contribution in [0.1, 0.15) is 12.0 Å². The maximum atomic E-state index is 13.0. The summed E-state index contributed by atoms with van der Waals surface area (Å²) in [6.45, 7) is 8.21. The first-order chi connectivity index (χ1) is 18.5. The predicted molar refractivity (Wildman–Crippen MR) is 147 cm³/mol. The van der Waals surface area contributed by atoms with Crippen molar-refractivity contribution in [1.29, 1.82) is 0 Å². The highest BCUT2D eigenvalue weighted by molar-refractivity contribution is 5.77. The van der Waals surface area contributed by atoms with Gasteiger partial charge in [-0.15, -0.1) is 0 Å². The second-order valence-electron chi connectivity index (χ2n) is 10.1. The number of piperazine rings is 1. The number of nitrogens with one attached hydrogen (secondary N) is 1. The Morgan fingerprint density at radius 3 is 2.42 bits per heavy atom. The zero-order chi connectivity index (χ0) is 26.7. The van der Waals surface area contributed by atoms with Gasteiger partial charge in [0.15, 0.2) is 0 Å². The normalized spacial score (nSPS) is 16.3. The number of likely N-dealkylation sites (tertiary alicyclic amines) is 1. The number of hydrogen-bond donors (Lipinski definition) is 1. The Bertz CT molecular complexity index is 1020. The van der Waals surface area contributed by atoms with Crippen LogP contribution in [0.5, 0.6) is 11.5 Å². The fraction of sp³-hybridized carbons (Fsp3) is 0.517. The highest BCUT2D eigenvalue weighted by Crippen LogP contribution is 2.21. The zero-order valence-electron chi connectivity index (χ0n) is 22.7. The van der Waals surface area contributed by atoms with Crippen molar-refractivity contribution in [3.63, 3.8) is 0 Å². The van der Waals surface area contributed by atoms with Crippen LogP contribution in [0.3, 0.4) is 0 Å². The van der Waals surface area contributed by atoms with Crippen molar-refractivity contribution in [3.05, 3.63) is 60.2 Å². The van der Waals surface area contributed by atoms with Crippen molar-refractivity contribution in [2.24, 2.45) is 5.92 Å². The highest BCUT2D eigenvalue weighted by Gasteiger charge is 2.35. The molecule has 2 aromatic rings. The summed E-state index contributed by atoms with van der Waals surface area (Å²) in [4.78, 5) is 33.6. The Morgan fingerprint density at radius 1 is 0.974 bits per heavy atom. The van der Waals surface area contributed by atoms with Crippen LogP contribution < -0.4 is 14.8 Å². The molecule has 0 aromatic heterocycles. The second-order valence-corrected chi connectivity index (χ2v) is 10.1. The molecule has 0 aliphatic carbocycles. The van der Waals surface area contributed by atoms with Crippen molar-refractivity contribution in [1.82, 2.24) is 24.9 Å². The molecule has 1 N–H and O–H groups in total. The van der Waals surface area contributed by atoms with Crippen LogP contribution in [-0.4, -0.2) is 111 Å². The molecule has 0 saturated carbocycles. The summed E-state index contributed by atoms with van der Waals surface area (Å²) in [7, 11) is 3.30. The van der Waals surface area contributed by atoms with E-state index >= 15 is 0 Å². The number of nitrogens with zero attached hydrogens (tertiary/aromatic N) is 4. The van der Waals surface area contributed by atoms with Gasteiger partial charge in [-0.25, -0.2) is 4.79 Å². The molecule has 38 heavy (non-hydrogen) atoms. The van der Waals surface area contributed by atoms with Gasteiger partial charge in [0, 0.05) is 77.9 Å². The lowest BCUT2D eigenvalue weighted by Gasteiger charge is -2.45. The molecule has 0 radical (unpaired) electrons. The fourth-order valence-corrected chi connectivity index (χ4v) is 5.03. The average molecular weight is 524 g/mol. The molecule has 2 saturated heterocycles. The maximum Gasteiger partial charge on any atom is 0.320 e. The smallest absolute Gasteiger partial charge is 0.320 e. The first-order valence-electron chi connectivity index (χ1n) is 13.5. The van der Waals surface area contributed by atoms with Crippen LogP contribution in [0.4, 0.5) is 4.79 Å². The van der Waals surface area contributed by atoms with E-state index in [0.29, 0.717) is 19.1 Å². The summed E-state index contributed by atoms with van der Waals surface area (Å²) < 4.78 is 11.1. The van der Waals surface area contributed by atoms with E-state index < -0.39 is 0 Å². The summed E-state index contributed by atoms with van der Waals surface area (Å²) in [5.74, 6) is 1.92. The predicted octanol–water partition coefficient (Wildman–Crippen LogP) is 2.38. The Balaban J connectivity index is 1.16. The summed E-state index contributed by atoms with van der Waals surface area (Å²) >= 11 is 0. The van der Waals surface area contributed by atoms with Gasteiger partial charge in [-0.3, -0.25) is 14.6 Å². The van der Waals surface area contributed by atoms with Crippen molar-refractivity contribution in [2.75, 3.05) is 79.7 Å². The van der Waals surface area contributed by atoms with E-state index in [2.05, 4.69) is 39.4 Å². The number of methoxy groups -OCH3 is 1. The summed E-state index contributed by atoms with van der Waals surface area (Å²) in [5, 5.41) is 2.72. The number of benzene rings is 2. The topological polar surface area (TPSA) is 77.6 Å². The first kappa shape index (κ1) is 27.7. The van der Waals surface area contributed by atoms with Crippen LogP contribution >= 0.6 is 0 Å². The molecule has 0 spiro atoms. The van der Waals surface area contributed by atoms with E-state index in [1.165, 1.54) is 5.56 Å². The molecule has 2 fully saturated rings. The quantitative estimate of drug-likeness (QED) is 0.431. The van der Waals surface area contributed by atoms with Gasteiger partial charge in [-0.05, 0) is 24.1 Å². The fourth-order valence-electron chi connectivity index (χ4n) is 5.03. The molecule has 2 heterocycles. The second kappa shape index (κ2) is 14.0. The number of likely N-dealkylation sites (N-methyl/N-ethyl adjacent to an activating group) is 1. The van der Waals surface area contributed by atoms with E-state index in [1.807, 2.05) is 40.1 Å². The summed E-state index contributed by atoms with van der Waals surface area (Å²) in [6, 6.07) is 18.2. The minimum absolute atomic E-state index is 0.000608. The molecular weight excluding hydrogens is 482 g/mol. The van der Waals surface area contributed by atoms with E-state index in [9.17, 15) is 9.59 Å². The van der Waals surface area contributed by atoms with Crippen LogP contribution in [0, 0.1) is 5.92 Å². The Labute approximate surface area is 226 Å². The van der Waals surface area contributed by atoms with E-state index in [1.54, 1.807) is 14.2 Å². The summed E-state index contributed by atoms with van der Waals surface area (Å²) in [6.07, 6.45) is 0.802. The molecule has 4 rings (SSSR count). The van der Waals surface area contributed by atoms with Crippen molar-refractivity contribution in [3.8, 4) is 11.5 Å². The molecule has 2 aliphatic heterocycles. The van der Waals surface area contributed by atoms with Crippen LogP contribution in [0.2, 0.25) is 0 Å². The van der Waals surface area contributed by atoms with Gasteiger partial charge < -0.3 is 24.6 Å². The van der Waals surface area contributed by atoms with E-state index in [0.717, 1.165) is 76.8 Å². The van der Waals surface area contributed by atoms with Gasteiger partial charge in [0.2, 0.25) is 5.91 Å². The largest absolute Gasteiger partial charge is 0.497 e. The monoisotopic (exact) mass is 523 g/mol. The third-order valence-corrected chi connectivity index (χ3v) is 7.21. The molecule has 9 heteroatoms. The van der Waals surface area contributed by atoms with Crippen LogP contribution in [0.15, 0.2) is 54.6 Å². The summed E-state index contributed by atoms with van der Waals surface area (Å²) in [5.41, 5.74) is 1.31. The number of carbonyl (C=O) groups is 2. The van der Waals surface area contributed by atoms with Crippen molar-refractivity contribution in [2.45, 2.75) is 13.0 Å². The van der Waals surface area contributed by atoms with E-state index in [4.69, 9.17) is 9.47 Å². The standard InChI is InChI=1S/C29H41N5O4/c1-30-28(35)23-32(12-7-17-38-27-11-6-10-26(18-27)37-2)20-25-21-34(22-25)29(36)33-15-13-31(14-16-33)19-24-8-4-3-5-9-24/h3-6,8-11,18,25H,7,12-17,19-23H2,1-2H3,(H,30,35). The van der Waals surface area contributed by atoms with E-state index in [-0.39, 0.29) is 11.9 Å². The third kappa shape index (κ3) is 8.10. The van der Waals surface area contributed by atoms with Gasteiger partial charge in [-0.1, -0.05) is 36.4 Å². The maximum absolute atomic E-state index is 13.0. The number of amides is 3. The third-order valence-electron chi connectivity index (χ3n) is 7.21. The molecule has 206 valence electrons. The van der Waals surface area contributed by atoms with Gasteiger partial charge in [-0.2, -0.15) is 0 Å².